The summed E-state index contributed by atoms with van der Waals surface area (Å²) >= 11 is 5.87. The van der Waals surface area contributed by atoms with E-state index >= 15 is 0 Å². The average Bonchev–Trinajstić information content (AvgIpc) is 3.18. The lowest BCUT2D eigenvalue weighted by Gasteiger charge is -2.26. The summed E-state index contributed by atoms with van der Waals surface area (Å²) in [6, 6.07) is 11.1. The highest BCUT2D eigenvalue weighted by molar-refractivity contribution is 6.30. The molecule has 2 aromatic rings. The fourth-order valence-corrected chi connectivity index (χ4v) is 3.31. The van der Waals surface area contributed by atoms with Crippen molar-refractivity contribution in [3.05, 3.63) is 64.9 Å². The predicted molar refractivity (Wildman–Crippen MR) is 102 cm³/mol. The zero-order chi connectivity index (χ0) is 18.2. The van der Waals surface area contributed by atoms with Gasteiger partial charge in [0.25, 0.3) is 0 Å². The Balaban J connectivity index is 1.47. The van der Waals surface area contributed by atoms with E-state index in [-0.39, 0.29) is 11.9 Å². The van der Waals surface area contributed by atoms with Gasteiger partial charge >= 0.3 is 0 Å². The van der Waals surface area contributed by atoms with Crippen LogP contribution in [-0.2, 0) is 16.1 Å². The van der Waals surface area contributed by atoms with Crippen molar-refractivity contribution < 1.29 is 9.53 Å². The second-order valence-corrected chi connectivity index (χ2v) is 6.84. The minimum Gasteiger partial charge on any atom is -0.375 e. The van der Waals surface area contributed by atoms with Crippen molar-refractivity contribution in [1.82, 2.24) is 15.2 Å². The number of hydrogen-bond donors (Lipinski definition) is 1. The summed E-state index contributed by atoms with van der Waals surface area (Å²) in [7, 11) is 0. The average molecular weight is 374 g/mol. The van der Waals surface area contributed by atoms with E-state index in [1.807, 2.05) is 36.4 Å². The topological polar surface area (TPSA) is 54.5 Å². The first-order chi connectivity index (χ1) is 12.7. The fraction of sp³-hybridized carbons (Fsp3) is 0.400. The van der Waals surface area contributed by atoms with Crippen LogP contribution < -0.4 is 5.32 Å². The molecule has 1 aliphatic heterocycles. The Morgan fingerprint density at radius 1 is 1.23 bits per heavy atom. The van der Waals surface area contributed by atoms with Crippen LogP contribution in [0, 0.1) is 0 Å². The number of likely N-dealkylation sites (tertiary alicyclic amines) is 1. The van der Waals surface area contributed by atoms with Gasteiger partial charge in [-0.25, -0.2) is 0 Å². The SMILES string of the molecule is O=C(NCCOCc1ccc(Cl)cc1)[C@@H](c1cccnc1)N1CCCC1. The summed E-state index contributed by atoms with van der Waals surface area (Å²) in [6.07, 6.45) is 5.77. The maximum absolute atomic E-state index is 12.8. The molecule has 3 rings (SSSR count). The molecule has 26 heavy (non-hydrogen) atoms. The fourth-order valence-electron chi connectivity index (χ4n) is 3.18. The zero-order valence-corrected chi connectivity index (χ0v) is 15.5. The molecule has 1 fully saturated rings. The van der Waals surface area contributed by atoms with Gasteiger partial charge < -0.3 is 10.1 Å². The molecule has 1 aromatic carbocycles. The van der Waals surface area contributed by atoms with Crippen molar-refractivity contribution in [3.63, 3.8) is 0 Å². The summed E-state index contributed by atoms with van der Waals surface area (Å²) in [5.74, 6) is 0.00925. The van der Waals surface area contributed by atoms with Gasteiger partial charge in [0.2, 0.25) is 5.91 Å². The smallest absolute Gasteiger partial charge is 0.242 e. The van der Waals surface area contributed by atoms with Crippen LogP contribution in [-0.4, -0.2) is 42.0 Å². The standard InChI is InChI=1S/C20H24ClN3O2/c21-18-7-5-16(6-8-18)15-26-13-10-23-20(25)19(24-11-1-2-12-24)17-4-3-9-22-14-17/h3-9,14,19H,1-2,10-13,15H2,(H,23,25)/t19-/m1/s1. The number of rotatable bonds is 8. The van der Waals surface area contributed by atoms with Crippen molar-refractivity contribution >= 4 is 17.5 Å². The number of carbonyl (C=O) groups is 1. The van der Waals surface area contributed by atoms with Crippen LogP contribution in [0.1, 0.15) is 30.0 Å². The van der Waals surface area contributed by atoms with Crippen LogP contribution in [0.4, 0.5) is 0 Å². The highest BCUT2D eigenvalue weighted by Crippen LogP contribution is 2.24. The third kappa shape index (κ3) is 5.27. The minimum atomic E-state index is -0.275. The molecule has 1 amide bonds. The second-order valence-electron chi connectivity index (χ2n) is 6.40. The van der Waals surface area contributed by atoms with Gasteiger partial charge in [-0.15, -0.1) is 0 Å². The van der Waals surface area contributed by atoms with E-state index in [1.54, 1.807) is 12.4 Å². The molecular weight excluding hydrogens is 350 g/mol. The summed E-state index contributed by atoms with van der Waals surface area (Å²) in [6.45, 7) is 3.34. The molecule has 2 heterocycles. The van der Waals surface area contributed by atoms with E-state index in [1.165, 1.54) is 0 Å². The molecular formula is C20H24ClN3O2. The number of carbonyl (C=O) groups excluding carboxylic acids is 1. The van der Waals surface area contributed by atoms with E-state index in [0.29, 0.717) is 24.8 Å². The molecule has 0 bridgehead atoms. The minimum absolute atomic E-state index is 0.00925. The van der Waals surface area contributed by atoms with Crippen LogP contribution >= 0.6 is 11.6 Å². The van der Waals surface area contributed by atoms with E-state index in [0.717, 1.165) is 37.1 Å². The van der Waals surface area contributed by atoms with E-state index in [4.69, 9.17) is 16.3 Å². The lowest BCUT2D eigenvalue weighted by atomic mass is 10.1. The number of nitrogens with zero attached hydrogens (tertiary/aromatic N) is 2. The van der Waals surface area contributed by atoms with Crippen molar-refractivity contribution in [1.29, 1.82) is 0 Å². The summed E-state index contributed by atoms with van der Waals surface area (Å²) < 4.78 is 5.64. The number of nitrogens with one attached hydrogen (secondary N) is 1. The molecule has 5 nitrogen and oxygen atoms in total. The van der Waals surface area contributed by atoms with Gasteiger partial charge in [-0.1, -0.05) is 29.8 Å². The summed E-state index contributed by atoms with van der Waals surface area (Å²) in [5, 5.41) is 3.71. The lowest BCUT2D eigenvalue weighted by Crippen LogP contribution is -2.40. The lowest BCUT2D eigenvalue weighted by molar-refractivity contribution is -0.126. The Labute approximate surface area is 159 Å². The van der Waals surface area contributed by atoms with E-state index in [9.17, 15) is 4.79 Å². The van der Waals surface area contributed by atoms with Gasteiger partial charge in [0.15, 0.2) is 0 Å². The number of ether oxygens (including phenoxy) is 1. The van der Waals surface area contributed by atoms with Crippen molar-refractivity contribution in [3.8, 4) is 0 Å². The van der Waals surface area contributed by atoms with Gasteiger partial charge in [0, 0.05) is 24.0 Å². The number of amides is 1. The van der Waals surface area contributed by atoms with E-state index < -0.39 is 0 Å². The van der Waals surface area contributed by atoms with Gasteiger partial charge in [0.1, 0.15) is 6.04 Å². The van der Waals surface area contributed by atoms with Crippen LogP contribution in [0.3, 0.4) is 0 Å². The molecule has 1 aromatic heterocycles. The zero-order valence-electron chi connectivity index (χ0n) is 14.7. The molecule has 0 spiro atoms. The molecule has 0 aliphatic carbocycles. The van der Waals surface area contributed by atoms with Gasteiger partial charge in [-0.2, -0.15) is 0 Å². The van der Waals surface area contributed by atoms with Crippen molar-refractivity contribution in [2.24, 2.45) is 0 Å². The number of halogens is 1. The Kier molecular flexibility index (Phi) is 7.00. The number of hydrogen-bond acceptors (Lipinski definition) is 4. The predicted octanol–water partition coefficient (Wildman–Crippen LogP) is 3.20. The van der Waals surface area contributed by atoms with E-state index in [2.05, 4.69) is 15.2 Å². The van der Waals surface area contributed by atoms with Crippen LogP contribution in [0.15, 0.2) is 48.8 Å². The van der Waals surface area contributed by atoms with Crippen LogP contribution in [0.5, 0.6) is 0 Å². The first-order valence-corrected chi connectivity index (χ1v) is 9.36. The molecule has 0 radical (unpaired) electrons. The Morgan fingerprint density at radius 3 is 2.69 bits per heavy atom. The third-order valence-electron chi connectivity index (χ3n) is 4.48. The maximum atomic E-state index is 12.8. The monoisotopic (exact) mass is 373 g/mol. The van der Waals surface area contributed by atoms with Crippen molar-refractivity contribution in [2.75, 3.05) is 26.2 Å². The first-order valence-electron chi connectivity index (χ1n) is 8.98. The molecule has 1 saturated heterocycles. The quantitative estimate of drug-likeness (QED) is 0.722. The molecule has 1 N–H and O–H groups in total. The van der Waals surface area contributed by atoms with Crippen LogP contribution in [0.25, 0.3) is 0 Å². The molecule has 0 unspecified atom stereocenters. The Bertz CT molecular complexity index is 688. The van der Waals surface area contributed by atoms with Gasteiger partial charge in [-0.05, 0) is 55.3 Å². The largest absolute Gasteiger partial charge is 0.375 e. The molecule has 6 heteroatoms. The summed E-state index contributed by atoms with van der Waals surface area (Å²) in [5.41, 5.74) is 2.00. The highest BCUT2D eigenvalue weighted by Gasteiger charge is 2.29. The molecule has 0 saturated carbocycles. The van der Waals surface area contributed by atoms with Crippen LogP contribution in [0.2, 0.25) is 5.02 Å². The van der Waals surface area contributed by atoms with Gasteiger partial charge in [-0.3, -0.25) is 14.7 Å². The highest BCUT2D eigenvalue weighted by atomic mass is 35.5. The van der Waals surface area contributed by atoms with Crippen molar-refractivity contribution in [2.45, 2.75) is 25.5 Å². The third-order valence-corrected chi connectivity index (χ3v) is 4.73. The molecule has 1 atom stereocenters. The first kappa shape index (κ1) is 18.8. The van der Waals surface area contributed by atoms with Gasteiger partial charge in [0.05, 0.1) is 13.2 Å². The number of benzene rings is 1. The Hall–Kier alpha value is -1.95. The second kappa shape index (κ2) is 9.67. The number of pyridine rings is 1. The Morgan fingerprint density at radius 2 is 2.00 bits per heavy atom. The maximum Gasteiger partial charge on any atom is 0.242 e. The number of aromatic nitrogens is 1. The normalized spacial score (nSPS) is 15.7. The molecule has 138 valence electrons. The summed E-state index contributed by atoms with van der Waals surface area (Å²) in [4.78, 5) is 19.1. The molecule has 1 aliphatic rings.